The SMILES string of the molecule is COC(=O)c1cc2c3c(cc(O)c2[nH]1)N(C(=O)c1cc2cccc(OC)c2[nH]1)CC3CCl. The molecular weight excluding hydrogens is 434 g/mol. The van der Waals surface area contributed by atoms with Crippen molar-refractivity contribution < 1.29 is 24.2 Å². The lowest BCUT2D eigenvalue weighted by Crippen LogP contribution is -2.30. The summed E-state index contributed by atoms with van der Waals surface area (Å²) in [7, 11) is 2.86. The number of anilines is 1. The average Bonchev–Trinajstić information content (AvgIpc) is 3.52. The van der Waals surface area contributed by atoms with Gasteiger partial charge in [0.1, 0.15) is 22.9 Å². The minimum atomic E-state index is -0.547. The van der Waals surface area contributed by atoms with Crippen LogP contribution in [0.15, 0.2) is 36.4 Å². The molecule has 3 heterocycles. The number of para-hydroxylation sites is 1. The Labute approximate surface area is 187 Å². The summed E-state index contributed by atoms with van der Waals surface area (Å²) in [5, 5.41) is 12.1. The summed E-state index contributed by atoms with van der Waals surface area (Å²) in [6.07, 6.45) is 0. The molecule has 0 fully saturated rings. The monoisotopic (exact) mass is 453 g/mol. The number of aromatic hydroxyl groups is 1. The van der Waals surface area contributed by atoms with Gasteiger partial charge < -0.3 is 29.4 Å². The van der Waals surface area contributed by atoms with Gasteiger partial charge in [0.05, 0.1) is 30.9 Å². The lowest BCUT2D eigenvalue weighted by Gasteiger charge is -2.17. The third-order valence-electron chi connectivity index (χ3n) is 5.92. The lowest BCUT2D eigenvalue weighted by atomic mass is 9.98. The molecule has 1 aliphatic heterocycles. The van der Waals surface area contributed by atoms with E-state index in [0.717, 1.165) is 16.5 Å². The molecule has 0 aliphatic carbocycles. The van der Waals surface area contributed by atoms with Gasteiger partial charge in [-0.1, -0.05) is 12.1 Å². The van der Waals surface area contributed by atoms with E-state index in [-0.39, 0.29) is 29.1 Å². The van der Waals surface area contributed by atoms with E-state index in [9.17, 15) is 14.7 Å². The number of rotatable bonds is 4. The molecule has 1 unspecified atom stereocenters. The van der Waals surface area contributed by atoms with Crippen LogP contribution in [0.25, 0.3) is 21.8 Å². The minimum absolute atomic E-state index is 0.0692. The van der Waals surface area contributed by atoms with Crippen molar-refractivity contribution in [3.8, 4) is 11.5 Å². The zero-order chi connectivity index (χ0) is 22.6. The molecular formula is C23H20ClN3O5. The first kappa shape index (κ1) is 20.3. The Morgan fingerprint density at radius 2 is 1.94 bits per heavy atom. The largest absolute Gasteiger partial charge is 0.506 e. The summed E-state index contributed by atoms with van der Waals surface area (Å²) in [6, 6.07) is 10.5. The van der Waals surface area contributed by atoms with Crippen molar-refractivity contribution in [3.05, 3.63) is 53.3 Å². The van der Waals surface area contributed by atoms with Crippen LogP contribution in [0.4, 0.5) is 5.69 Å². The Morgan fingerprint density at radius 3 is 2.66 bits per heavy atom. The first-order chi connectivity index (χ1) is 15.5. The van der Waals surface area contributed by atoms with Gasteiger partial charge in [0, 0.05) is 35.2 Å². The van der Waals surface area contributed by atoms with E-state index < -0.39 is 5.97 Å². The number of ether oxygens (including phenoxy) is 2. The van der Waals surface area contributed by atoms with Crippen molar-refractivity contribution in [1.29, 1.82) is 0 Å². The number of carbonyl (C=O) groups excluding carboxylic acids is 2. The molecule has 5 rings (SSSR count). The molecule has 0 bridgehead atoms. The Hall–Kier alpha value is -3.65. The number of amides is 1. The number of carbonyl (C=O) groups is 2. The number of aromatic amines is 2. The summed E-state index contributed by atoms with van der Waals surface area (Å²) in [4.78, 5) is 33.2. The molecule has 0 spiro atoms. The highest BCUT2D eigenvalue weighted by molar-refractivity contribution is 6.19. The van der Waals surface area contributed by atoms with Gasteiger partial charge in [0.2, 0.25) is 0 Å². The summed E-state index contributed by atoms with van der Waals surface area (Å²) in [5.41, 5.74) is 3.12. The van der Waals surface area contributed by atoms with Crippen LogP contribution in [0.2, 0.25) is 0 Å². The van der Waals surface area contributed by atoms with E-state index in [1.54, 1.807) is 24.1 Å². The van der Waals surface area contributed by atoms with E-state index in [4.69, 9.17) is 21.1 Å². The van der Waals surface area contributed by atoms with Gasteiger partial charge in [-0.3, -0.25) is 4.79 Å². The van der Waals surface area contributed by atoms with Gasteiger partial charge in [0.25, 0.3) is 5.91 Å². The van der Waals surface area contributed by atoms with E-state index in [0.29, 0.717) is 34.6 Å². The number of esters is 1. The van der Waals surface area contributed by atoms with Gasteiger partial charge >= 0.3 is 5.97 Å². The number of nitrogens with zero attached hydrogens (tertiary/aromatic N) is 1. The Kier molecular flexibility index (Phi) is 4.74. The number of methoxy groups -OCH3 is 2. The first-order valence-corrected chi connectivity index (χ1v) is 10.5. The Morgan fingerprint density at radius 1 is 1.16 bits per heavy atom. The second kappa shape index (κ2) is 7.49. The van der Waals surface area contributed by atoms with Crippen LogP contribution in [0.3, 0.4) is 0 Å². The van der Waals surface area contributed by atoms with Crippen LogP contribution in [-0.4, -0.2) is 53.6 Å². The number of fused-ring (bicyclic) bond motifs is 4. The highest BCUT2D eigenvalue weighted by Crippen LogP contribution is 2.46. The second-order valence-corrected chi connectivity index (χ2v) is 7.97. The quantitative estimate of drug-likeness (QED) is 0.318. The number of phenols is 1. The third kappa shape index (κ3) is 2.90. The van der Waals surface area contributed by atoms with Crippen molar-refractivity contribution in [3.63, 3.8) is 0 Å². The first-order valence-electron chi connectivity index (χ1n) is 9.97. The maximum atomic E-state index is 13.5. The summed E-state index contributed by atoms with van der Waals surface area (Å²) in [6.45, 7) is 0.349. The summed E-state index contributed by atoms with van der Waals surface area (Å²) < 4.78 is 10.2. The van der Waals surface area contributed by atoms with Gasteiger partial charge in [-0.15, -0.1) is 11.6 Å². The molecule has 2 aromatic carbocycles. The molecule has 3 N–H and O–H groups in total. The number of hydrogen-bond donors (Lipinski definition) is 3. The van der Waals surface area contributed by atoms with E-state index in [2.05, 4.69) is 9.97 Å². The molecule has 0 radical (unpaired) electrons. The van der Waals surface area contributed by atoms with Crippen LogP contribution >= 0.6 is 11.6 Å². The van der Waals surface area contributed by atoms with Gasteiger partial charge in [0.15, 0.2) is 0 Å². The number of halogens is 1. The fourth-order valence-corrected chi connectivity index (χ4v) is 4.70. The fourth-order valence-electron chi connectivity index (χ4n) is 4.45. The summed E-state index contributed by atoms with van der Waals surface area (Å²) >= 11 is 6.27. The Balaban J connectivity index is 1.63. The molecule has 1 atom stereocenters. The fraction of sp³-hybridized carbons (Fsp3) is 0.217. The van der Waals surface area contributed by atoms with Crippen LogP contribution in [0.1, 0.15) is 32.5 Å². The predicted molar refractivity (Wildman–Crippen MR) is 121 cm³/mol. The standard InChI is InChI=1S/C23H20ClN3O5/c1-31-18-5-3-4-11-6-14(25-20(11)18)22(29)27-10-12(9-24)19-13-7-15(23(30)32-2)26-21(13)17(28)8-16(19)27/h3-8,12,25-26,28H,9-10H2,1-2H3. The average molecular weight is 454 g/mol. The van der Waals surface area contributed by atoms with Gasteiger partial charge in [-0.05, 0) is 23.8 Å². The molecule has 4 aromatic rings. The third-order valence-corrected chi connectivity index (χ3v) is 6.29. The highest BCUT2D eigenvalue weighted by atomic mass is 35.5. The summed E-state index contributed by atoms with van der Waals surface area (Å²) in [5.74, 6) is -0.117. The molecule has 1 amide bonds. The molecule has 2 aromatic heterocycles. The smallest absolute Gasteiger partial charge is 0.354 e. The normalized spacial score (nSPS) is 15.3. The number of hydrogen-bond acceptors (Lipinski definition) is 5. The van der Waals surface area contributed by atoms with E-state index >= 15 is 0 Å². The van der Waals surface area contributed by atoms with E-state index in [1.165, 1.54) is 13.2 Å². The second-order valence-electron chi connectivity index (χ2n) is 7.67. The topological polar surface area (TPSA) is 108 Å². The molecule has 0 saturated carbocycles. The number of phenolic OH excluding ortho intramolecular Hbond substituents is 1. The van der Waals surface area contributed by atoms with Crippen molar-refractivity contribution in [2.45, 2.75) is 5.92 Å². The van der Waals surface area contributed by atoms with Crippen LogP contribution in [-0.2, 0) is 4.74 Å². The number of alkyl halides is 1. The molecule has 9 heteroatoms. The van der Waals surface area contributed by atoms with E-state index in [1.807, 2.05) is 18.2 Å². The minimum Gasteiger partial charge on any atom is -0.506 e. The van der Waals surface area contributed by atoms with Crippen molar-refractivity contribution >= 4 is 51.0 Å². The van der Waals surface area contributed by atoms with Crippen LogP contribution in [0, 0.1) is 0 Å². The molecule has 8 nitrogen and oxygen atoms in total. The lowest BCUT2D eigenvalue weighted by molar-refractivity contribution is 0.0595. The molecule has 164 valence electrons. The zero-order valence-electron chi connectivity index (χ0n) is 17.4. The van der Waals surface area contributed by atoms with Crippen LogP contribution < -0.4 is 9.64 Å². The van der Waals surface area contributed by atoms with Gasteiger partial charge in [-0.25, -0.2) is 4.79 Å². The molecule has 1 aliphatic rings. The molecule has 32 heavy (non-hydrogen) atoms. The number of H-pyrrole nitrogens is 2. The number of aromatic nitrogens is 2. The highest BCUT2D eigenvalue weighted by Gasteiger charge is 2.36. The maximum absolute atomic E-state index is 13.5. The number of benzene rings is 2. The van der Waals surface area contributed by atoms with Crippen molar-refractivity contribution in [1.82, 2.24) is 9.97 Å². The zero-order valence-corrected chi connectivity index (χ0v) is 18.1. The predicted octanol–water partition coefficient (Wildman–Crippen LogP) is 4.13. The molecule has 0 saturated heterocycles. The number of nitrogens with one attached hydrogen (secondary N) is 2. The van der Waals surface area contributed by atoms with Crippen molar-refractivity contribution in [2.24, 2.45) is 0 Å². The maximum Gasteiger partial charge on any atom is 0.354 e. The van der Waals surface area contributed by atoms with Gasteiger partial charge in [-0.2, -0.15) is 0 Å². The van der Waals surface area contributed by atoms with Crippen molar-refractivity contribution in [2.75, 3.05) is 31.5 Å². The van der Waals surface area contributed by atoms with Crippen LogP contribution in [0.5, 0.6) is 11.5 Å². The Bertz CT molecular complexity index is 1390.